The number of rotatable bonds is 7. The number of para-hydroxylation sites is 2. The maximum Gasteiger partial charge on any atom is 0.179 e. The minimum Gasteiger partial charge on any atom is -0.456 e. The molecule has 5 heteroatoms. The van der Waals surface area contributed by atoms with Crippen LogP contribution in [0.1, 0.15) is 56.5 Å². The van der Waals surface area contributed by atoms with Crippen LogP contribution in [-0.2, 0) is 5.41 Å². The molecule has 0 aliphatic heterocycles. The third-order valence-electron chi connectivity index (χ3n) is 10.6. The zero-order chi connectivity index (χ0) is 38.4. The van der Waals surface area contributed by atoms with Gasteiger partial charge in [-0.1, -0.05) is 143 Å². The summed E-state index contributed by atoms with van der Waals surface area (Å²) in [5.74, 6) is 0.513. The van der Waals surface area contributed by atoms with Crippen molar-refractivity contribution in [2.75, 3.05) is 0 Å². The van der Waals surface area contributed by atoms with Crippen molar-refractivity contribution in [3.63, 3.8) is 0 Å². The van der Waals surface area contributed by atoms with Crippen molar-refractivity contribution >= 4 is 61.0 Å². The molecular weight excluding hydrogens is 685 g/mol. The van der Waals surface area contributed by atoms with Crippen LogP contribution in [0.2, 0.25) is 0 Å². The Bertz CT molecular complexity index is 2990. The van der Waals surface area contributed by atoms with Gasteiger partial charge in [0.05, 0.1) is 16.7 Å². The second kappa shape index (κ2) is 14.1. The Morgan fingerprint density at radius 3 is 2.09 bits per heavy atom. The van der Waals surface area contributed by atoms with Crippen LogP contribution >= 0.6 is 0 Å². The van der Waals surface area contributed by atoms with Crippen molar-refractivity contribution in [1.29, 1.82) is 0 Å². The molecule has 0 saturated heterocycles. The van der Waals surface area contributed by atoms with Crippen molar-refractivity contribution < 1.29 is 4.42 Å². The lowest BCUT2D eigenvalue weighted by Gasteiger charge is -2.19. The molecule has 9 rings (SSSR count). The average Bonchev–Trinajstić information content (AvgIpc) is 3.77. The molecule has 0 spiro atoms. The van der Waals surface area contributed by atoms with Gasteiger partial charge in [0.15, 0.2) is 5.84 Å². The van der Waals surface area contributed by atoms with Gasteiger partial charge in [0, 0.05) is 39.1 Å². The number of nitrogens with zero attached hydrogens (tertiary/aromatic N) is 4. The third kappa shape index (κ3) is 6.41. The van der Waals surface area contributed by atoms with E-state index in [1.165, 1.54) is 16.3 Å². The van der Waals surface area contributed by atoms with E-state index in [1.54, 1.807) is 0 Å². The van der Waals surface area contributed by atoms with Crippen molar-refractivity contribution in [1.82, 2.24) is 9.55 Å². The van der Waals surface area contributed by atoms with Gasteiger partial charge in [-0.05, 0) is 82.1 Å². The molecule has 0 bridgehead atoms. The van der Waals surface area contributed by atoms with Gasteiger partial charge in [0.1, 0.15) is 16.9 Å². The van der Waals surface area contributed by atoms with E-state index in [9.17, 15) is 0 Å². The van der Waals surface area contributed by atoms with E-state index >= 15 is 0 Å². The van der Waals surface area contributed by atoms with Gasteiger partial charge in [-0.25, -0.2) is 9.98 Å². The molecule has 0 radical (unpaired) electrons. The molecule has 0 amide bonds. The fraction of sp³-hybridized carbons (Fsp3) is 0.118. The fourth-order valence-electron chi connectivity index (χ4n) is 7.62. The summed E-state index contributed by atoms with van der Waals surface area (Å²) in [5.41, 5.74) is 12.7. The molecule has 0 atom stereocenters. The first kappa shape index (κ1) is 34.9. The van der Waals surface area contributed by atoms with Crippen LogP contribution in [0.5, 0.6) is 0 Å². The molecule has 56 heavy (non-hydrogen) atoms. The van der Waals surface area contributed by atoms with Crippen LogP contribution in [0.4, 0.5) is 0 Å². The molecule has 272 valence electrons. The van der Waals surface area contributed by atoms with Crippen LogP contribution < -0.4 is 0 Å². The van der Waals surface area contributed by atoms with Crippen LogP contribution in [0.25, 0.3) is 66.3 Å². The largest absolute Gasteiger partial charge is 0.456 e. The van der Waals surface area contributed by atoms with Gasteiger partial charge < -0.3 is 8.98 Å². The lowest BCUT2D eigenvalue weighted by Crippen LogP contribution is -2.10. The summed E-state index contributed by atoms with van der Waals surface area (Å²) >= 11 is 0. The molecule has 0 aliphatic rings. The summed E-state index contributed by atoms with van der Waals surface area (Å²) in [6, 6.07) is 52.9. The van der Waals surface area contributed by atoms with Crippen molar-refractivity contribution in [3.05, 3.63) is 187 Å². The highest BCUT2D eigenvalue weighted by atomic mass is 16.3. The molecule has 0 fully saturated rings. The maximum absolute atomic E-state index is 6.15. The number of pyridine rings is 1. The highest BCUT2D eigenvalue weighted by Crippen LogP contribution is 2.37. The molecule has 3 heterocycles. The number of furan rings is 1. The molecule has 3 aromatic heterocycles. The van der Waals surface area contributed by atoms with E-state index in [2.05, 4.69) is 160 Å². The lowest BCUT2D eigenvalue weighted by molar-refractivity contribution is 0.590. The van der Waals surface area contributed by atoms with Gasteiger partial charge in [0.25, 0.3) is 0 Å². The number of benzene rings is 6. The highest BCUT2D eigenvalue weighted by molar-refractivity contribution is 6.14. The zero-order valence-electron chi connectivity index (χ0n) is 32.1. The predicted octanol–water partition coefficient (Wildman–Crippen LogP) is 13.4. The van der Waals surface area contributed by atoms with Crippen molar-refractivity contribution in [2.45, 2.75) is 39.5 Å². The summed E-state index contributed by atoms with van der Waals surface area (Å²) in [6.45, 7) is 13.2. The smallest absolute Gasteiger partial charge is 0.179 e. The number of aliphatic imine (C=N–C) groups is 2. The Kier molecular flexibility index (Phi) is 8.78. The average molecular weight is 727 g/mol. The molecule has 6 aromatic carbocycles. The monoisotopic (exact) mass is 726 g/mol. The molecule has 0 aliphatic carbocycles. The first-order chi connectivity index (χ1) is 27.2. The minimum absolute atomic E-state index is 0.0462. The predicted molar refractivity (Wildman–Crippen MR) is 235 cm³/mol. The Hall–Kier alpha value is -6.85. The first-order valence-electron chi connectivity index (χ1n) is 19.2. The van der Waals surface area contributed by atoms with E-state index in [0.29, 0.717) is 17.2 Å². The molecule has 5 nitrogen and oxygen atoms in total. The summed E-state index contributed by atoms with van der Waals surface area (Å²) in [4.78, 5) is 15.2. The first-order valence-corrected chi connectivity index (χ1v) is 19.2. The summed E-state index contributed by atoms with van der Waals surface area (Å²) in [7, 11) is 0. The second-order valence-electron chi connectivity index (χ2n) is 15.3. The molecule has 9 aromatic rings. The van der Waals surface area contributed by atoms with Crippen LogP contribution in [-0.4, -0.2) is 21.1 Å². The van der Waals surface area contributed by atoms with Gasteiger partial charge in [-0.15, -0.1) is 0 Å². The normalized spacial score (nSPS) is 12.6. The number of aromatic nitrogens is 2. The minimum atomic E-state index is 0.0462. The summed E-state index contributed by atoms with van der Waals surface area (Å²) in [6.07, 6.45) is 2.58. The van der Waals surface area contributed by atoms with E-state index in [4.69, 9.17) is 19.4 Å². The summed E-state index contributed by atoms with van der Waals surface area (Å²) in [5, 5.41) is 4.58. The maximum atomic E-state index is 6.15. The SMILES string of the molecule is C=C(N=C(N=C(CC)c1ccccc1)c1cc(-n2c3ccccc3c3ccc(-c4ccc5oc6ccccc6c5c4)cc32)ccn1)c1ccc(C(C)(C)C)cc1. The second-order valence-corrected chi connectivity index (χ2v) is 15.3. The van der Waals surface area contributed by atoms with Crippen LogP contribution in [0.3, 0.4) is 0 Å². The lowest BCUT2D eigenvalue weighted by atomic mass is 9.86. The number of hydrogen-bond acceptors (Lipinski definition) is 3. The van der Waals surface area contributed by atoms with Crippen molar-refractivity contribution in [2.24, 2.45) is 9.98 Å². The van der Waals surface area contributed by atoms with Crippen LogP contribution in [0.15, 0.2) is 179 Å². The van der Waals surface area contributed by atoms with Gasteiger partial charge >= 0.3 is 0 Å². The van der Waals surface area contributed by atoms with E-state index in [-0.39, 0.29) is 5.41 Å². The number of amidine groups is 1. The number of hydrogen-bond donors (Lipinski definition) is 0. The Labute approximate surface area is 327 Å². The van der Waals surface area contributed by atoms with E-state index < -0.39 is 0 Å². The Balaban J connectivity index is 1.19. The van der Waals surface area contributed by atoms with E-state index in [0.717, 1.165) is 73.0 Å². The fourth-order valence-corrected chi connectivity index (χ4v) is 7.62. The van der Waals surface area contributed by atoms with E-state index in [1.807, 2.05) is 36.5 Å². The standard InChI is InChI=1S/C51H42N4O/c1-6-44(35-14-8-7-9-15-35)54-50(53-33(2)34-20-24-38(25-21-34)51(3,4)5)45-32-39(28-29-52-45)55-46-18-12-10-16-40(46)41-26-22-37(31-47(41)55)36-23-27-49-43(30-36)42-17-11-13-19-48(42)56-49/h7-32H,2,6H2,1,3-5H3. The molecule has 0 unspecified atom stereocenters. The van der Waals surface area contributed by atoms with Gasteiger partial charge in [-0.3, -0.25) is 4.98 Å². The topological polar surface area (TPSA) is 55.7 Å². The quantitative estimate of drug-likeness (QED) is 0.121. The molecule has 0 N–H and O–H groups in total. The van der Waals surface area contributed by atoms with Gasteiger partial charge in [0.2, 0.25) is 0 Å². The Morgan fingerprint density at radius 2 is 1.30 bits per heavy atom. The van der Waals surface area contributed by atoms with Crippen LogP contribution in [0, 0.1) is 0 Å². The highest BCUT2D eigenvalue weighted by Gasteiger charge is 2.18. The Morgan fingerprint density at radius 1 is 0.625 bits per heavy atom. The van der Waals surface area contributed by atoms with Gasteiger partial charge in [-0.2, -0.15) is 0 Å². The zero-order valence-corrected chi connectivity index (χ0v) is 32.1. The molecule has 0 saturated carbocycles. The summed E-state index contributed by atoms with van der Waals surface area (Å²) < 4.78 is 8.47. The molecular formula is C51H42N4O. The number of fused-ring (bicyclic) bond motifs is 6. The third-order valence-corrected chi connectivity index (χ3v) is 10.6. The van der Waals surface area contributed by atoms with Crippen molar-refractivity contribution in [3.8, 4) is 16.8 Å².